The van der Waals surface area contributed by atoms with Crippen LogP contribution in [0.25, 0.3) is 0 Å². The van der Waals surface area contributed by atoms with E-state index < -0.39 is 0 Å². The number of anilines is 1. The second-order valence-electron chi connectivity index (χ2n) is 4.47. The lowest BCUT2D eigenvalue weighted by Gasteiger charge is -2.06. The van der Waals surface area contributed by atoms with Crippen molar-refractivity contribution in [2.75, 3.05) is 11.9 Å². The van der Waals surface area contributed by atoms with E-state index in [0.717, 1.165) is 12.4 Å². The van der Waals surface area contributed by atoms with Crippen molar-refractivity contribution >= 4 is 11.9 Å². The molecule has 0 bridgehead atoms. The van der Waals surface area contributed by atoms with Crippen LogP contribution in [0.4, 0.5) is 5.95 Å². The summed E-state index contributed by atoms with van der Waals surface area (Å²) >= 11 is 0. The SMILES string of the molecule is O=C(Nc1nn[nH]n1)c1ccc(OCC2CC2)cc1. The van der Waals surface area contributed by atoms with Crippen molar-refractivity contribution < 1.29 is 9.53 Å². The number of carbonyl (C=O) groups is 1. The number of aromatic nitrogens is 4. The van der Waals surface area contributed by atoms with Gasteiger partial charge in [-0.25, -0.2) is 0 Å². The van der Waals surface area contributed by atoms with E-state index in [1.54, 1.807) is 24.3 Å². The number of ether oxygens (including phenoxy) is 1. The van der Waals surface area contributed by atoms with Crippen molar-refractivity contribution in [2.24, 2.45) is 5.92 Å². The standard InChI is InChI=1S/C12H13N5O2/c18-11(13-12-14-16-17-15-12)9-3-5-10(6-4-9)19-7-8-1-2-8/h3-6,8H,1-2,7H2,(H2,13,14,15,16,17,18). The fraction of sp³-hybridized carbons (Fsp3) is 0.333. The molecule has 2 aromatic rings. The molecule has 0 radical (unpaired) electrons. The second-order valence-corrected chi connectivity index (χ2v) is 4.47. The molecule has 1 saturated carbocycles. The van der Waals surface area contributed by atoms with Crippen molar-refractivity contribution in [1.29, 1.82) is 0 Å². The lowest BCUT2D eigenvalue weighted by molar-refractivity contribution is 0.102. The Bertz CT molecular complexity index is 548. The smallest absolute Gasteiger partial charge is 0.270 e. The summed E-state index contributed by atoms with van der Waals surface area (Å²) in [6, 6.07) is 6.98. The number of nitrogens with zero attached hydrogens (tertiary/aromatic N) is 3. The minimum absolute atomic E-state index is 0.152. The van der Waals surface area contributed by atoms with Crippen LogP contribution < -0.4 is 10.1 Å². The number of amides is 1. The molecule has 1 aliphatic carbocycles. The molecule has 19 heavy (non-hydrogen) atoms. The quantitative estimate of drug-likeness (QED) is 0.842. The highest BCUT2D eigenvalue weighted by Gasteiger charge is 2.21. The van der Waals surface area contributed by atoms with Crippen molar-refractivity contribution in [3.63, 3.8) is 0 Å². The molecule has 0 saturated heterocycles. The van der Waals surface area contributed by atoms with Crippen LogP contribution >= 0.6 is 0 Å². The molecule has 1 fully saturated rings. The first-order valence-corrected chi connectivity index (χ1v) is 6.09. The highest BCUT2D eigenvalue weighted by atomic mass is 16.5. The van der Waals surface area contributed by atoms with Crippen molar-refractivity contribution in [2.45, 2.75) is 12.8 Å². The Labute approximate surface area is 109 Å². The monoisotopic (exact) mass is 259 g/mol. The highest BCUT2D eigenvalue weighted by molar-refractivity contribution is 6.03. The van der Waals surface area contributed by atoms with E-state index in [1.807, 2.05) is 0 Å². The lowest BCUT2D eigenvalue weighted by Crippen LogP contribution is -2.13. The van der Waals surface area contributed by atoms with E-state index in [1.165, 1.54) is 12.8 Å². The molecule has 1 aromatic heterocycles. The van der Waals surface area contributed by atoms with E-state index in [9.17, 15) is 4.79 Å². The maximum Gasteiger partial charge on any atom is 0.270 e. The Morgan fingerprint density at radius 3 is 2.79 bits per heavy atom. The van der Waals surface area contributed by atoms with Crippen LogP contribution in [0.3, 0.4) is 0 Å². The number of benzene rings is 1. The first kappa shape index (κ1) is 11.6. The molecule has 0 aliphatic heterocycles. The minimum Gasteiger partial charge on any atom is -0.493 e. The van der Waals surface area contributed by atoms with Gasteiger partial charge in [-0.1, -0.05) is 5.10 Å². The van der Waals surface area contributed by atoms with Gasteiger partial charge in [0.2, 0.25) is 0 Å². The summed E-state index contributed by atoms with van der Waals surface area (Å²) in [4.78, 5) is 11.8. The molecule has 98 valence electrons. The van der Waals surface area contributed by atoms with E-state index in [0.29, 0.717) is 11.5 Å². The number of carbonyl (C=O) groups excluding carboxylic acids is 1. The van der Waals surface area contributed by atoms with Crippen LogP contribution in [0.1, 0.15) is 23.2 Å². The molecular weight excluding hydrogens is 246 g/mol. The Morgan fingerprint density at radius 2 is 2.16 bits per heavy atom. The molecule has 2 N–H and O–H groups in total. The van der Waals surface area contributed by atoms with Crippen LogP contribution in [0.5, 0.6) is 5.75 Å². The first-order valence-electron chi connectivity index (χ1n) is 6.09. The third-order valence-electron chi connectivity index (χ3n) is 2.87. The van der Waals surface area contributed by atoms with Crippen LogP contribution in [0, 0.1) is 5.92 Å². The van der Waals surface area contributed by atoms with Gasteiger partial charge < -0.3 is 4.74 Å². The van der Waals surface area contributed by atoms with Crippen molar-refractivity contribution in [1.82, 2.24) is 20.6 Å². The summed E-state index contributed by atoms with van der Waals surface area (Å²) in [6.45, 7) is 0.758. The van der Waals surface area contributed by atoms with E-state index in [2.05, 4.69) is 25.9 Å². The van der Waals surface area contributed by atoms with Gasteiger partial charge in [-0.05, 0) is 48.2 Å². The largest absolute Gasteiger partial charge is 0.493 e. The predicted molar refractivity (Wildman–Crippen MR) is 66.8 cm³/mol. The first-order chi connectivity index (χ1) is 9.31. The summed E-state index contributed by atoms with van der Waals surface area (Å²) in [7, 11) is 0. The number of rotatable bonds is 5. The van der Waals surface area contributed by atoms with E-state index in [-0.39, 0.29) is 11.9 Å². The Hall–Kier alpha value is -2.44. The van der Waals surface area contributed by atoms with E-state index >= 15 is 0 Å². The summed E-state index contributed by atoms with van der Waals surface area (Å²) in [5, 5.41) is 15.4. The molecule has 1 heterocycles. The normalized spacial score (nSPS) is 14.1. The van der Waals surface area contributed by atoms with Crippen LogP contribution in [0.15, 0.2) is 24.3 Å². The zero-order valence-corrected chi connectivity index (χ0v) is 10.2. The van der Waals surface area contributed by atoms with Crippen LogP contribution in [-0.4, -0.2) is 33.1 Å². The number of hydrogen-bond acceptors (Lipinski definition) is 5. The number of tetrazole rings is 1. The van der Waals surface area contributed by atoms with Gasteiger partial charge >= 0.3 is 0 Å². The number of nitrogens with one attached hydrogen (secondary N) is 2. The van der Waals surface area contributed by atoms with Crippen LogP contribution in [-0.2, 0) is 0 Å². The molecule has 0 spiro atoms. The summed E-state index contributed by atoms with van der Waals surface area (Å²) < 4.78 is 5.60. The lowest BCUT2D eigenvalue weighted by atomic mass is 10.2. The van der Waals surface area contributed by atoms with E-state index in [4.69, 9.17) is 4.74 Å². The summed E-state index contributed by atoms with van der Waals surface area (Å²) in [5.41, 5.74) is 0.517. The summed E-state index contributed by atoms with van der Waals surface area (Å²) in [5.74, 6) is 1.36. The van der Waals surface area contributed by atoms with Crippen molar-refractivity contribution in [3.8, 4) is 5.75 Å². The highest BCUT2D eigenvalue weighted by Crippen LogP contribution is 2.29. The van der Waals surface area contributed by atoms with Gasteiger partial charge in [-0.3, -0.25) is 10.1 Å². The molecule has 3 rings (SSSR count). The van der Waals surface area contributed by atoms with Gasteiger partial charge in [0.15, 0.2) is 0 Å². The van der Waals surface area contributed by atoms with Gasteiger partial charge in [0, 0.05) is 5.56 Å². The fourth-order valence-electron chi connectivity index (χ4n) is 1.59. The Kier molecular flexibility index (Phi) is 3.09. The summed E-state index contributed by atoms with van der Waals surface area (Å²) in [6.07, 6.45) is 2.51. The van der Waals surface area contributed by atoms with Gasteiger partial charge in [0.1, 0.15) is 5.75 Å². The zero-order chi connectivity index (χ0) is 13.1. The number of hydrogen-bond donors (Lipinski definition) is 2. The molecule has 0 atom stereocenters. The van der Waals surface area contributed by atoms with Gasteiger partial charge in [-0.2, -0.15) is 5.21 Å². The minimum atomic E-state index is -0.282. The van der Waals surface area contributed by atoms with Gasteiger partial charge in [-0.15, -0.1) is 5.10 Å². The zero-order valence-electron chi connectivity index (χ0n) is 10.2. The van der Waals surface area contributed by atoms with Gasteiger partial charge in [0.05, 0.1) is 6.61 Å². The average molecular weight is 259 g/mol. The molecule has 0 unspecified atom stereocenters. The fourth-order valence-corrected chi connectivity index (χ4v) is 1.59. The molecule has 1 aliphatic rings. The second kappa shape index (κ2) is 5.05. The Balaban J connectivity index is 1.59. The molecular formula is C12H13N5O2. The third-order valence-corrected chi connectivity index (χ3v) is 2.87. The third kappa shape index (κ3) is 3.06. The predicted octanol–water partition coefficient (Wildman–Crippen LogP) is 1.24. The van der Waals surface area contributed by atoms with Crippen molar-refractivity contribution in [3.05, 3.63) is 29.8 Å². The molecule has 1 aromatic carbocycles. The maximum absolute atomic E-state index is 11.8. The molecule has 1 amide bonds. The maximum atomic E-state index is 11.8. The average Bonchev–Trinajstić information content (AvgIpc) is 3.13. The van der Waals surface area contributed by atoms with Gasteiger partial charge in [0.25, 0.3) is 11.9 Å². The number of aromatic amines is 1. The number of H-pyrrole nitrogens is 1. The molecule has 7 heteroatoms. The topological polar surface area (TPSA) is 92.8 Å². The molecule has 7 nitrogen and oxygen atoms in total. The Morgan fingerprint density at radius 1 is 1.37 bits per heavy atom. The van der Waals surface area contributed by atoms with Crippen LogP contribution in [0.2, 0.25) is 0 Å².